The van der Waals surface area contributed by atoms with Crippen molar-refractivity contribution < 1.29 is 17.6 Å². The van der Waals surface area contributed by atoms with Crippen molar-refractivity contribution in [2.24, 2.45) is 7.05 Å². The molecule has 1 aliphatic heterocycles. The number of benzene rings is 3. The molecular formula is C33H36ClFN6O4S. The Hall–Kier alpha value is -4.13. The van der Waals surface area contributed by atoms with E-state index in [4.69, 9.17) is 11.6 Å². The second-order valence-corrected chi connectivity index (χ2v) is 14.3. The minimum absolute atomic E-state index is 0.0197. The first-order valence-electron chi connectivity index (χ1n) is 15.1. The lowest BCUT2D eigenvalue weighted by Crippen LogP contribution is -2.52. The van der Waals surface area contributed by atoms with Gasteiger partial charge in [0.05, 0.1) is 21.9 Å². The Morgan fingerprint density at radius 1 is 0.978 bits per heavy atom. The summed E-state index contributed by atoms with van der Waals surface area (Å²) in [6, 6.07) is 19.6. The maximum atomic E-state index is 13.9. The van der Waals surface area contributed by atoms with Crippen molar-refractivity contribution in [1.29, 1.82) is 0 Å². The number of nitrogens with one attached hydrogen (secondary N) is 1. The third-order valence-electron chi connectivity index (χ3n) is 8.99. The SMILES string of the molecule is Cc1c(N(C)S(=O)(=O)c2cc(C(=O)NC3(CN4CCN(c5ccc(F)cc5)CC4)CC3)ccc2Cl)c(=O)n(-c2ccccc2)n1C. The van der Waals surface area contributed by atoms with Crippen LogP contribution in [0.25, 0.3) is 5.69 Å². The molecule has 1 saturated carbocycles. The third kappa shape index (κ3) is 6.04. The summed E-state index contributed by atoms with van der Waals surface area (Å²) in [5.41, 5.74) is 1.27. The van der Waals surface area contributed by atoms with E-state index in [2.05, 4.69) is 15.1 Å². The summed E-state index contributed by atoms with van der Waals surface area (Å²) in [4.78, 5) is 31.3. The summed E-state index contributed by atoms with van der Waals surface area (Å²) >= 11 is 6.41. The Bertz CT molecular complexity index is 1930. The van der Waals surface area contributed by atoms with Crippen molar-refractivity contribution in [2.45, 2.75) is 30.2 Å². The Morgan fingerprint density at radius 3 is 2.26 bits per heavy atom. The van der Waals surface area contributed by atoms with Crippen molar-refractivity contribution in [3.63, 3.8) is 0 Å². The Labute approximate surface area is 272 Å². The molecular weight excluding hydrogens is 631 g/mol. The quantitative estimate of drug-likeness (QED) is 0.288. The van der Waals surface area contributed by atoms with Crippen LogP contribution in [0.4, 0.5) is 15.8 Å². The number of sulfonamides is 1. The zero-order chi connectivity index (χ0) is 32.8. The van der Waals surface area contributed by atoms with Crippen LogP contribution in [0.2, 0.25) is 5.02 Å². The fourth-order valence-electron chi connectivity index (χ4n) is 6.06. The highest BCUT2D eigenvalue weighted by atomic mass is 35.5. The van der Waals surface area contributed by atoms with Crippen LogP contribution >= 0.6 is 11.6 Å². The summed E-state index contributed by atoms with van der Waals surface area (Å²) < 4.78 is 45.1. The monoisotopic (exact) mass is 666 g/mol. The average Bonchev–Trinajstić information content (AvgIpc) is 3.75. The minimum Gasteiger partial charge on any atom is -0.369 e. The molecule has 242 valence electrons. The number of para-hydroxylation sites is 1. The molecule has 0 atom stereocenters. The Kier molecular flexibility index (Phi) is 8.47. The van der Waals surface area contributed by atoms with Gasteiger partial charge in [-0.25, -0.2) is 17.5 Å². The number of nitrogens with zero attached hydrogens (tertiary/aromatic N) is 5. The molecule has 0 spiro atoms. The third-order valence-corrected chi connectivity index (χ3v) is 11.2. The summed E-state index contributed by atoms with van der Waals surface area (Å²) in [6.45, 7) is 5.53. The first kappa shape index (κ1) is 31.8. The van der Waals surface area contributed by atoms with Gasteiger partial charge in [0.25, 0.3) is 21.5 Å². The van der Waals surface area contributed by atoms with Crippen LogP contribution in [0.3, 0.4) is 0 Å². The van der Waals surface area contributed by atoms with E-state index in [1.54, 1.807) is 55.1 Å². The van der Waals surface area contributed by atoms with Crippen molar-refractivity contribution in [1.82, 2.24) is 19.6 Å². The standard InChI is InChI=1S/C33H36ClFN6O4S/c1-23-30(32(43)41(37(23)2)27-7-5-4-6-8-27)38(3)46(44,45)29-21-24(9-14-28(29)34)31(42)36-33(15-16-33)22-39-17-19-40(20-18-39)26-12-10-25(35)11-13-26/h4-14,21H,15-20,22H2,1-3H3,(H,36,42). The van der Waals surface area contributed by atoms with Gasteiger partial charge in [-0.1, -0.05) is 29.8 Å². The lowest BCUT2D eigenvalue weighted by atomic mass is 10.1. The van der Waals surface area contributed by atoms with E-state index in [1.165, 1.54) is 42.1 Å². The molecule has 1 amide bonds. The molecule has 0 bridgehead atoms. The number of aromatic nitrogens is 2. The van der Waals surface area contributed by atoms with Gasteiger partial charge < -0.3 is 10.2 Å². The average molecular weight is 667 g/mol. The van der Waals surface area contributed by atoms with E-state index in [0.717, 1.165) is 49.0 Å². The van der Waals surface area contributed by atoms with Crippen LogP contribution in [0.1, 0.15) is 28.9 Å². The largest absolute Gasteiger partial charge is 0.369 e. The summed E-state index contributed by atoms with van der Waals surface area (Å²) in [5, 5.41) is 3.09. The van der Waals surface area contributed by atoms with Gasteiger partial charge in [-0.05, 0) is 74.4 Å². The van der Waals surface area contributed by atoms with E-state index in [-0.39, 0.29) is 32.9 Å². The molecule has 3 aromatic carbocycles. The summed E-state index contributed by atoms with van der Waals surface area (Å²) in [7, 11) is -1.33. The molecule has 1 saturated heterocycles. The molecule has 13 heteroatoms. The van der Waals surface area contributed by atoms with E-state index in [0.29, 0.717) is 17.9 Å². The second kappa shape index (κ2) is 12.2. The number of hydrogen-bond donors (Lipinski definition) is 1. The Balaban J connectivity index is 1.17. The fraction of sp³-hybridized carbons (Fsp3) is 0.333. The second-order valence-electron chi connectivity index (χ2n) is 12.0. The van der Waals surface area contributed by atoms with Gasteiger partial charge in [0.2, 0.25) is 0 Å². The number of carbonyl (C=O) groups excluding carboxylic acids is 1. The van der Waals surface area contributed by atoms with Crippen LogP contribution in [-0.2, 0) is 17.1 Å². The number of carbonyl (C=O) groups is 1. The highest BCUT2D eigenvalue weighted by Gasteiger charge is 2.46. The topological polar surface area (TPSA) is 99.9 Å². The van der Waals surface area contributed by atoms with Crippen LogP contribution in [0.15, 0.2) is 82.5 Å². The molecule has 6 rings (SSSR count). The van der Waals surface area contributed by atoms with Crippen LogP contribution < -0.4 is 20.1 Å². The lowest BCUT2D eigenvalue weighted by molar-refractivity contribution is 0.0914. The zero-order valence-corrected chi connectivity index (χ0v) is 27.5. The van der Waals surface area contributed by atoms with Gasteiger partial charge in [-0.15, -0.1) is 0 Å². The minimum atomic E-state index is -4.33. The van der Waals surface area contributed by atoms with Crippen molar-refractivity contribution in [3.8, 4) is 5.69 Å². The predicted molar refractivity (Wildman–Crippen MR) is 177 cm³/mol. The number of hydrogen-bond acceptors (Lipinski definition) is 6. The van der Waals surface area contributed by atoms with Crippen LogP contribution in [-0.4, -0.2) is 73.9 Å². The van der Waals surface area contributed by atoms with Crippen LogP contribution in [0.5, 0.6) is 0 Å². The number of rotatable bonds is 9. The molecule has 46 heavy (non-hydrogen) atoms. The van der Waals surface area contributed by atoms with E-state index < -0.39 is 21.1 Å². The molecule has 1 aromatic heterocycles. The normalized spacial score (nSPS) is 16.3. The molecule has 2 heterocycles. The van der Waals surface area contributed by atoms with Crippen molar-refractivity contribution in [2.75, 3.05) is 49.0 Å². The maximum absolute atomic E-state index is 13.9. The number of amides is 1. The van der Waals surface area contributed by atoms with Crippen molar-refractivity contribution in [3.05, 3.63) is 105 Å². The van der Waals surface area contributed by atoms with Gasteiger partial charge in [0, 0.05) is 58.1 Å². The molecule has 0 radical (unpaired) electrons. The van der Waals surface area contributed by atoms with Gasteiger partial charge in [-0.3, -0.25) is 23.5 Å². The number of piperazine rings is 1. The molecule has 2 fully saturated rings. The van der Waals surface area contributed by atoms with Gasteiger partial charge in [0.1, 0.15) is 16.4 Å². The number of halogens is 2. The Morgan fingerprint density at radius 2 is 1.63 bits per heavy atom. The maximum Gasteiger partial charge on any atom is 0.296 e. The van der Waals surface area contributed by atoms with E-state index in [1.807, 2.05) is 6.07 Å². The number of anilines is 2. The van der Waals surface area contributed by atoms with Gasteiger partial charge in [0.15, 0.2) is 0 Å². The smallest absolute Gasteiger partial charge is 0.296 e. The molecule has 1 N–H and O–H groups in total. The van der Waals surface area contributed by atoms with Gasteiger partial charge in [-0.2, -0.15) is 0 Å². The highest BCUT2D eigenvalue weighted by Crippen LogP contribution is 2.37. The molecule has 2 aliphatic rings. The molecule has 0 unspecified atom stereocenters. The zero-order valence-electron chi connectivity index (χ0n) is 25.9. The van der Waals surface area contributed by atoms with E-state index in [9.17, 15) is 22.4 Å². The summed E-state index contributed by atoms with van der Waals surface area (Å²) in [6.07, 6.45) is 1.64. The van der Waals surface area contributed by atoms with Crippen molar-refractivity contribution >= 4 is 38.9 Å². The fourth-order valence-corrected chi connectivity index (χ4v) is 7.80. The molecule has 10 nitrogen and oxygen atoms in total. The predicted octanol–water partition coefficient (Wildman–Crippen LogP) is 4.19. The molecule has 1 aliphatic carbocycles. The lowest BCUT2D eigenvalue weighted by Gasteiger charge is -2.38. The summed E-state index contributed by atoms with van der Waals surface area (Å²) in [5.74, 6) is -0.647. The van der Waals surface area contributed by atoms with E-state index >= 15 is 0 Å². The highest BCUT2D eigenvalue weighted by molar-refractivity contribution is 7.93. The van der Waals surface area contributed by atoms with Gasteiger partial charge >= 0.3 is 0 Å². The first-order valence-corrected chi connectivity index (χ1v) is 16.9. The molecule has 4 aromatic rings. The first-order chi connectivity index (χ1) is 21.9. The van der Waals surface area contributed by atoms with Crippen LogP contribution in [0, 0.1) is 12.7 Å².